The largest absolute Gasteiger partial charge is 0.495 e. The molecule has 1 saturated heterocycles. The van der Waals surface area contributed by atoms with Crippen LogP contribution in [0.3, 0.4) is 0 Å². The second-order valence-corrected chi connectivity index (χ2v) is 5.35. The first-order chi connectivity index (χ1) is 9.17. The Bertz CT molecular complexity index is 471. The smallest absolute Gasteiger partial charge is 0.310 e. The summed E-state index contributed by atoms with van der Waals surface area (Å²) in [7, 11) is 2.93. The van der Waals surface area contributed by atoms with Gasteiger partial charge >= 0.3 is 5.97 Å². The van der Waals surface area contributed by atoms with E-state index in [1.807, 2.05) is 5.38 Å². The van der Waals surface area contributed by atoms with E-state index in [1.165, 1.54) is 18.4 Å². The van der Waals surface area contributed by atoms with Crippen LogP contribution >= 0.6 is 11.3 Å². The monoisotopic (exact) mass is 283 g/mol. The third kappa shape index (κ3) is 2.89. The van der Waals surface area contributed by atoms with Gasteiger partial charge in [-0.1, -0.05) is 0 Å². The molecule has 1 amide bonds. The minimum absolute atomic E-state index is 0.0690. The van der Waals surface area contributed by atoms with E-state index >= 15 is 0 Å². The molecule has 1 aromatic heterocycles. The van der Waals surface area contributed by atoms with Gasteiger partial charge in [-0.05, 0) is 24.3 Å². The van der Waals surface area contributed by atoms with Crippen LogP contribution < -0.4 is 4.74 Å². The summed E-state index contributed by atoms with van der Waals surface area (Å²) >= 11 is 1.36. The van der Waals surface area contributed by atoms with E-state index in [2.05, 4.69) is 0 Å². The summed E-state index contributed by atoms with van der Waals surface area (Å²) in [5, 5.41) is 1.83. The number of likely N-dealkylation sites (tertiary alicyclic amines) is 1. The zero-order valence-corrected chi connectivity index (χ0v) is 11.9. The molecule has 0 N–H and O–H groups in total. The number of nitrogens with zero attached hydrogens (tertiary/aromatic N) is 1. The third-order valence-corrected chi connectivity index (χ3v) is 4.17. The third-order valence-electron chi connectivity index (χ3n) is 3.29. The van der Waals surface area contributed by atoms with Gasteiger partial charge < -0.3 is 14.4 Å². The average molecular weight is 283 g/mol. The van der Waals surface area contributed by atoms with Crippen molar-refractivity contribution < 1.29 is 19.1 Å². The molecule has 0 bridgehead atoms. The Morgan fingerprint density at radius 1 is 1.42 bits per heavy atom. The summed E-state index contributed by atoms with van der Waals surface area (Å²) in [5.74, 6) is 0.0694. The first kappa shape index (κ1) is 13.9. The minimum Gasteiger partial charge on any atom is -0.495 e. The maximum absolute atomic E-state index is 12.4. The van der Waals surface area contributed by atoms with Crippen LogP contribution in [0.1, 0.15) is 22.5 Å². The van der Waals surface area contributed by atoms with Crippen LogP contribution in [0.5, 0.6) is 5.75 Å². The number of amides is 1. The lowest BCUT2D eigenvalue weighted by Gasteiger charge is -2.31. The quantitative estimate of drug-likeness (QED) is 0.794. The number of esters is 1. The van der Waals surface area contributed by atoms with Gasteiger partial charge in [-0.15, -0.1) is 11.3 Å². The maximum Gasteiger partial charge on any atom is 0.310 e. The molecule has 1 aliphatic rings. The molecule has 1 atom stereocenters. The van der Waals surface area contributed by atoms with Crippen molar-refractivity contribution in [1.82, 2.24) is 4.90 Å². The molecule has 6 heteroatoms. The second kappa shape index (κ2) is 6.06. The van der Waals surface area contributed by atoms with Gasteiger partial charge in [0.15, 0.2) is 0 Å². The first-order valence-corrected chi connectivity index (χ1v) is 7.04. The second-order valence-electron chi connectivity index (χ2n) is 4.43. The van der Waals surface area contributed by atoms with E-state index in [-0.39, 0.29) is 17.8 Å². The Kier molecular flexibility index (Phi) is 4.42. The Labute approximate surface area is 116 Å². The van der Waals surface area contributed by atoms with E-state index in [0.717, 1.165) is 12.8 Å². The highest BCUT2D eigenvalue weighted by molar-refractivity contribution is 7.12. The van der Waals surface area contributed by atoms with Crippen molar-refractivity contribution in [3.8, 4) is 5.75 Å². The molecule has 1 aromatic rings. The SMILES string of the molecule is COC(=O)C1CCCN(C(=O)c2sccc2OC)C1. The van der Waals surface area contributed by atoms with Gasteiger partial charge in [0.1, 0.15) is 10.6 Å². The van der Waals surface area contributed by atoms with E-state index in [0.29, 0.717) is 23.7 Å². The van der Waals surface area contributed by atoms with Gasteiger partial charge in [0.25, 0.3) is 5.91 Å². The summed E-state index contributed by atoms with van der Waals surface area (Å²) in [4.78, 5) is 26.3. The average Bonchev–Trinajstić information content (AvgIpc) is 2.94. The zero-order valence-electron chi connectivity index (χ0n) is 11.0. The molecule has 0 aromatic carbocycles. The van der Waals surface area contributed by atoms with Crippen molar-refractivity contribution in [1.29, 1.82) is 0 Å². The minimum atomic E-state index is -0.240. The molecule has 0 radical (unpaired) electrons. The number of piperidine rings is 1. The van der Waals surface area contributed by atoms with Crippen LogP contribution in [0, 0.1) is 5.92 Å². The number of rotatable bonds is 3. The molecule has 1 fully saturated rings. The normalized spacial score (nSPS) is 19.1. The Balaban J connectivity index is 2.09. The number of carbonyl (C=O) groups is 2. The molecular formula is C13H17NO4S. The summed E-state index contributed by atoms with van der Waals surface area (Å²) in [5.41, 5.74) is 0. The summed E-state index contributed by atoms with van der Waals surface area (Å²) in [6.45, 7) is 1.10. The highest BCUT2D eigenvalue weighted by Crippen LogP contribution is 2.28. The molecule has 1 aliphatic heterocycles. The Morgan fingerprint density at radius 3 is 2.89 bits per heavy atom. The number of carbonyl (C=O) groups excluding carboxylic acids is 2. The van der Waals surface area contributed by atoms with Gasteiger partial charge in [0, 0.05) is 13.1 Å². The van der Waals surface area contributed by atoms with Crippen molar-refractivity contribution in [2.75, 3.05) is 27.3 Å². The molecule has 2 rings (SSSR count). The lowest BCUT2D eigenvalue weighted by atomic mass is 9.98. The maximum atomic E-state index is 12.4. The topological polar surface area (TPSA) is 55.8 Å². The van der Waals surface area contributed by atoms with Crippen molar-refractivity contribution in [2.24, 2.45) is 5.92 Å². The highest BCUT2D eigenvalue weighted by atomic mass is 32.1. The fraction of sp³-hybridized carbons (Fsp3) is 0.538. The summed E-state index contributed by atoms with van der Waals surface area (Å²) in [6.07, 6.45) is 1.59. The predicted octanol–water partition coefficient (Wildman–Crippen LogP) is 1.78. The van der Waals surface area contributed by atoms with E-state index < -0.39 is 0 Å². The fourth-order valence-electron chi connectivity index (χ4n) is 2.28. The van der Waals surface area contributed by atoms with Gasteiger partial charge in [-0.25, -0.2) is 0 Å². The molecule has 104 valence electrons. The lowest BCUT2D eigenvalue weighted by molar-refractivity contribution is -0.146. The van der Waals surface area contributed by atoms with Gasteiger partial charge in [-0.3, -0.25) is 9.59 Å². The highest BCUT2D eigenvalue weighted by Gasteiger charge is 2.30. The van der Waals surface area contributed by atoms with Gasteiger partial charge in [-0.2, -0.15) is 0 Å². The first-order valence-electron chi connectivity index (χ1n) is 6.16. The standard InChI is InChI=1S/C13H17NO4S/c1-17-10-5-7-19-11(10)12(15)14-6-3-4-9(8-14)13(16)18-2/h5,7,9H,3-4,6,8H2,1-2H3. The number of hydrogen-bond acceptors (Lipinski definition) is 5. The van der Waals surface area contributed by atoms with Crippen molar-refractivity contribution >= 4 is 23.2 Å². The number of hydrogen-bond donors (Lipinski definition) is 0. The van der Waals surface area contributed by atoms with E-state index in [4.69, 9.17) is 9.47 Å². The molecule has 0 saturated carbocycles. The van der Waals surface area contributed by atoms with E-state index in [1.54, 1.807) is 18.1 Å². The fourth-order valence-corrected chi connectivity index (χ4v) is 3.10. The molecule has 5 nitrogen and oxygen atoms in total. The van der Waals surface area contributed by atoms with Crippen molar-refractivity contribution in [3.63, 3.8) is 0 Å². The van der Waals surface area contributed by atoms with Crippen LogP contribution in [0.4, 0.5) is 0 Å². The van der Waals surface area contributed by atoms with Crippen molar-refractivity contribution in [3.05, 3.63) is 16.3 Å². The summed E-state index contributed by atoms with van der Waals surface area (Å²) in [6, 6.07) is 1.78. The molecule has 1 unspecified atom stereocenters. The molecule has 0 aliphatic carbocycles. The van der Waals surface area contributed by atoms with E-state index in [9.17, 15) is 9.59 Å². The predicted molar refractivity (Wildman–Crippen MR) is 71.5 cm³/mol. The summed E-state index contributed by atoms with van der Waals surface area (Å²) < 4.78 is 9.92. The number of ether oxygens (including phenoxy) is 2. The molecule has 0 spiro atoms. The van der Waals surface area contributed by atoms with Crippen LogP contribution in [0.2, 0.25) is 0 Å². The van der Waals surface area contributed by atoms with Gasteiger partial charge in [0.2, 0.25) is 0 Å². The molecule has 2 heterocycles. The Morgan fingerprint density at radius 2 is 2.21 bits per heavy atom. The Hall–Kier alpha value is -1.56. The lowest BCUT2D eigenvalue weighted by Crippen LogP contribution is -2.42. The molecule has 19 heavy (non-hydrogen) atoms. The molecular weight excluding hydrogens is 266 g/mol. The number of methoxy groups -OCH3 is 2. The van der Waals surface area contributed by atoms with Crippen LogP contribution in [0.15, 0.2) is 11.4 Å². The van der Waals surface area contributed by atoms with Crippen molar-refractivity contribution in [2.45, 2.75) is 12.8 Å². The van der Waals surface area contributed by atoms with Gasteiger partial charge in [0.05, 0.1) is 20.1 Å². The van der Waals surface area contributed by atoms with Crippen LogP contribution in [-0.4, -0.2) is 44.1 Å². The van der Waals surface area contributed by atoms with Crippen LogP contribution in [0.25, 0.3) is 0 Å². The zero-order chi connectivity index (χ0) is 13.8. The number of thiophene rings is 1. The van der Waals surface area contributed by atoms with Crippen LogP contribution in [-0.2, 0) is 9.53 Å².